The maximum Gasteiger partial charge on any atom is 0.270 e. The minimum Gasteiger partial charge on any atom is -0.350 e. The van der Waals surface area contributed by atoms with Gasteiger partial charge in [0.1, 0.15) is 11.5 Å². The molecule has 1 heterocycles. The second-order valence-corrected chi connectivity index (χ2v) is 6.87. The summed E-state index contributed by atoms with van der Waals surface area (Å²) in [5.41, 5.74) is 3.92. The predicted molar refractivity (Wildman–Crippen MR) is 109 cm³/mol. The van der Waals surface area contributed by atoms with Gasteiger partial charge in [-0.25, -0.2) is 14.4 Å². The Balaban J connectivity index is 1.64. The Morgan fingerprint density at radius 2 is 1.89 bits per heavy atom. The largest absolute Gasteiger partial charge is 0.350 e. The molecular weight excluding hydrogens is 379 g/mol. The fourth-order valence-electron chi connectivity index (χ4n) is 2.79. The number of carbonyl (C=O) groups excluding carboxylic acids is 1. The molecule has 0 saturated carbocycles. The molecule has 1 aromatic heterocycles. The second-order valence-electron chi connectivity index (χ2n) is 6.46. The summed E-state index contributed by atoms with van der Waals surface area (Å²) in [6.45, 7) is 4.32. The molecular formula is C21H20ClFN4O. The Morgan fingerprint density at radius 1 is 1.14 bits per heavy atom. The summed E-state index contributed by atoms with van der Waals surface area (Å²) in [5.74, 6) is -0.294. The van der Waals surface area contributed by atoms with E-state index in [0.717, 1.165) is 16.7 Å². The first-order valence-corrected chi connectivity index (χ1v) is 9.19. The van der Waals surface area contributed by atoms with E-state index in [2.05, 4.69) is 20.6 Å². The van der Waals surface area contributed by atoms with Gasteiger partial charge in [0.15, 0.2) is 0 Å². The van der Waals surface area contributed by atoms with Crippen LogP contribution >= 0.6 is 11.6 Å². The highest BCUT2D eigenvalue weighted by molar-refractivity contribution is 6.33. The fourth-order valence-corrected chi connectivity index (χ4v) is 3.16. The molecule has 0 spiro atoms. The van der Waals surface area contributed by atoms with Crippen LogP contribution in [0, 0.1) is 19.7 Å². The summed E-state index contributed by atoms with van der Waals surface area (Å²) in [4.78, 5) is 20.8. The Kier molecular flexibility index (Phi) is 6.21. The zero-order chi connectivity index (χ0) is 20.1. The highest BCUT2D eigenvalue weighted by atomic mass is 35.5. The number of halogens is 2. The van der Waals surface area contributed by atoms with Crippen molar-refractivity contribution in [1.82, 2.24) is 15.3 Å². The maximum absolute atomic E-state index is 12.9. The molecule has 3 aromatic rings. The van der Waals surface area contributed by atoms with Gasteiger partial charge >= 0.3 is 0 Å². The number of amides is 1. The predicted octanol–water partition coefficient (Wildman–Crippen LogP) is 4.60. The van der Waals surface area contributed by atoms with Crippen LogP contribution in [0.4, 0.5) is 16.0 Å². The van der Waals surface area contributed by atoms with Gasteiger partial charge in [0, 0.05) is 12.7 Å². The minimum atomic E-state index is -0.306. The number of aromatic nitrogens is 2. The Hall–Kier alpha value is -2.99. The SMILES string of the molecule is Cc1cc(C)c(Nc2nccc(C(=O)NCCc3ccc(F)cc3)n2)c(Cl)c1. The first-order valence-electron chi connectivity index (χ1n) is 8.82. The topological polar surface area (TPSA) is 66.9 Å². The van der Waals surface area contributed by atoms with Crippen molar-refractivity contribution in [2.45, 2.75) is 20.3 Å². The molecule has 2 aromatic carbocycles. The molecule has 0 fully saturated rings. The van der Waals surface area contributed by atoms with Gasteiger partial charge in [0.2, 0.25) is 5.95 Å². The maximum atomic E-state index is 12.9. The van der Waals surface area contributed by atoms with Crippen molar-refractivity contribution in [3.63, 3.8) is 0 Å². The van der Waals surface area contributed by atoms with Gasteiger partial charge in [0.05, 0.1) is 10.7 Å². The van der Waals surface area contributed by atoms with Crippen molar-refractivity contribution >= 4 is 29.1 Å². The molecule has 144 valence electrons. The number of carbonyl (C=O) groups is 1. The lowest BCUT2D eigenvalue weighted by Gasteiger charge is -2.12. The molecule has 3 rings (SSSR count). The zero-order valence-electron chi connectivity index (χ0n) is 15.6. The normalized spacial score (nSPS) is 10.6. The lowest BCUT2D eigenvalue weighted by molar-refractivity contribution is 0.0949. The van der Waals surface area contributed by atoms with Crippen molar-refractivity contribution in [2.75, 3.05) is 11.9 Å². The number of aryl methyl sites for hydroxylation is 2. The lowest BCUT2D eigenvalue weighted by atomic mass is 10.1. The summed E-state index contributed by atoms with van der Waals surface area (Å²) in [7, 11) is 0. The molecule has 0 atom stereocenters. The van der Waals surface area contributed by atoms with Gasteiger partial charge in [-0.3, -0.25) is 4.79 Å². The third kappa shape index (κ3) is 5.04. The van der Waals surface area contributed by atoms with Crippen molar-refractivity contribution in [1.29, 1.82) is 0 Å². The van der Waals surface area contributed by atoms with E-state index in [0.29, 0.717) is 29.6 Å². The average molecular weight is 399 g/mol. The van der Waals surface area contributed by atoms with Crippen LogP contribution in [0.2, 0.25) is 5.02 Å². The Morgan fingerprint density at radius 3 is 2.61 bits per heavy atom. The molecule has 1 amide bonds. The van der Waals surface area contributed by atoms with Crippen LogP contribution in [0.3, 0.4) is 0 Å². The molecule has 5 nitrogen and oxygen atoms in total. The zero-order valence-corrected chi connectivity index (χ0v) is 16.3. The van der Waals surface area contributed by atoms with Crippen molar-refractivity contribution in [3.8, 4) is 0 Å². The van der Waals surface area contributed by atoms with Crippen molar-refractivity contribution in [2.24, 2.45) is 0 Å². The Bertz CT molecular complexity index is 969. The van der Waals surface area contributed by atoms with Crippen LogP contribution in [0.25, 0.3) is 0 Å². The van der Waals surface area contributed by atoms with Gasteiger partial charge < -0.3 is 10.6 Å². The summed E-state index contributed by atoms with van der Waals surface area (Å²) >= 11 is 6.30. The number of nitrogens with zero attached hydrogens (tertiary/aromatic N) is 2. The number of anilines is 2. The molecule has 2 N–H and O–H groups in total. The van der Waals surface area contributed by atoms with Gasteiger partial charge in [-0.1, -0.05) is 29.8 Å². The minimum absolute atomic E-state index is 0.248. The molecule has 0 saturated heterocycles. The van der Waals surface area contributed by atoms with Crippen molar-refractivity contribution < 1.29 is 9.18 Å². The molecule has 0 aliphatic carbocycles. The standard InChI is InChI=1S/C21H20ClFN4O/c1-13-11-14(2)19(17(22)12-13)27-21-25-10-8-18(26-21)20(28)24-9-7-15-3-5-16(23)6-4-15/h3-6,8,10-12H,7,9H2,1-2H3,(H,24,28)(H,25,26,27). The first-order chi connectivity index (χ1) is 13.4. The van der Waals surface area contributed by atoms with Crippen LogP contribution in [0.5, 0.6) is 0 Å². The van der Waals surface area contributed by atoms with Gasteiger partial charge in [-0.2, -0.15) is 0 Å². The second kappa shape index (κ2) is 8.80. The first kappa shape index (κ1) is 19.8. The number of rotatable bonds is 6. The van der Waals surface area contributed by atoms with E-state index in [1.165, 1.54) is 18.3 Å². The molecule has 0 radical (unpaired) electrons. The quantitative estimate of drug-likeness (QED) is 0.636. The highest BCUT2D eigenvalue weighted by Gasteiger charge is 2.11. The van der Waals surface area contributed by atoms with E-state index in [1.54, 1.807) is 18.2 Å². The van der Waals surface area contributed by atoms with Crippen LogP contribution in [0.15, 0.2) is 48.7 Å². The molecule has 0 aliphatic rings. The van der Waals surface area contributed by atoms with Crippen LogP contribution in [0.1, 0.15) is 27.2 Å². The Labute approximate surface area is 168 Å². The van der Waals surface area contributed by atoms with Gasteiger partial charge in [-0.15, -0.1) is 0 Å². The van der Waals surface area contributed by atoms with Crippen LogP contribution in [-0.2, 0) is 6.42 Å². The summed E-state index contributed by atoms with van der Waals surface area (Å²) in [6.07, 6.45) is 2.11. The van der Waals surface area contributed by atoms with E-state index in [9.17, 15) is 9.18 Å². The number of benzene rings is 2. The average Bonchev–Trinajstić information content (AvgIpc) is 2.66. The smallest absolute Gasteiger partial charge is 0.270 e. The number of hydrogen-bond acceptors (Lipinski definition) is 4. The highest BCUT2D eigenvalue weighted by Crippen LogP contribution is 2.29. The van der Waals surface area contributed by atoms with Gasteiger partial charge in [0.25, 0.3) is 5.91 Å². The third-order valence-corrected chi connectivity index (χ3v) is 4.47. The monoisotopic (exact) mass is 398 g/mol. The number of hydrogen-bond donors (Lipinski definition) is 2. The summed E-state index contributed by atoms with van der Waals surface area (Å²) in [6, 6.07) is 11.6. The number of nitrogens with one attached hydrogen (secondary N) is 2. The van der Waals surface area contributed by atoms with Crippen LogP contribution < -0.4 is 10.6 Å². The fraction of sp³-hybridized carbons (Fsp3) is 0.190. The van der Waals surface area contributed by atoms with Crippen LogP contribution in [-0.4, -0.2) is 22.4 Å². The summed E-state index contributed by atoms with van der Waals surface area (Å²) < 4.78 is 12.9. The molecule has 0 bridgehead atoms. The molecule has 0 aliphatic heterocycles. The molecule has 7 heteroatoms. The van der Waals surface area contributed by atoms with E-state index in [1.807, 2.05) is 26.0 Å². The third-order valence-electron chi connectivity index (χ3n) is 4.17. The lowest BCUT2D eigenvalue weighted by Crippen LogP contribution is -2.26. The molecule has 28 heavy (non-hydrogen) atoms. The van der Waals surface area contributed by atoms with E-state index < -0.39 is 0 Å². The van der Waals surface area contributed by atoms with Crippen molar-refractivity contribution in [3.05, 3.63) is 81.9 Å². The van der Waals surface area contributed by atoms with E-state index >= 15 is 0 Å². The van der Waals surface area contributed by atoms with Gasteiger partial charge in [-0.05, 0) is 61.2 Å². The summed E-state index contributed by atoms with van der Waals surface area (Å²) in [5, 5.41) is 6.45. The van der Waals surface area contributed by atoms with E-state index in [4.69, 9.17) is 11.6 Å². The van der Waals surface area contributed by atoms with E-state index in [-0.39, 0.29) is 17.4 Å². The molecule has 0 unspecified atom stereocenters.